The van der Waals surface area contributed by atoms with E-state index in [1.54, 1.807) is 13.3 Å². The fourth-order valence-electron chi connectivity index (χ4n) is 11.5. The second kappa shape index (κ2) is 21.2. The number of hydrogen-bond donors (Lipinski definition) is 3. The topological polar surface area (TPSA) is 168 Å². The summed E-state index contributed by atoms with van der Waals surface area (Å²) < 4.78 is 52.1. The van der Waals surface area contributed by atoms with Gasteiger partial charge in [-0.25, -0.2) is 13.8 Å². The SMILES string of the molecule is CCc1cc(Nc2ncc(Br)c(Nc3ccc4nc(C)ccc4c3P3(=O)CCN(C)CC3)n2)c(OC)cc1N1CCC(N2CCN(C(=O)[C@@H]3CCN(c4cc(F)c(C5CCC(=O)NC5=O)c(F)c4)C3)CC2)CC1. The van der Waals surface area contributed by atoms with Crippen LogP contribution in [0.15, 0.2) is 59.2 Å². The number of rotatable bonds is 12. The van der Waals surface area contributed by atoms with Gasteiger partial charge in [-0.1, -0.05) is 13.0 Å². The number of hydrogen-bond acceptors (Lipinski definition) is 14. The maximum atomic E-state index is 15.3. The second-order valence-corrected chi connectivity index (χ2v) is 24.1. The third kappa shape index (κ3) is 10.5. The molecule has 10 rings (SSSR count). The number of imide groups is 1. The first-order valence-corrected chi connectivity index (χ1v) is 28.4. The summed E-state index contributed by atoms with van der Waals surface area (Å²) in [6, 6.07) is 15.1. The Morgan fingerprint density at radius 3 is 2.30 bits per heavy atom. The molecule has 0 radical (unpaired) electrons. The molecule has 73 heavy (non-hydrogen) atoms. The van der Waals surface area contributed by atoms with Crippen LogP contribution in [0.2, 0.25) is 0 Å². The van der Waals surface area contributed by atoms with Gasteiger partial charge in [0.05, 0.1) is 40.3 Å². The second-order valence-electron chi connectivity index (χ2n) is 20.1. The fourth-order valence-corrected chi connectivity index (χ4v) is 14.9. The summed E-state index contributed by atoms with van der Waals surface area (Å²) in [5.41, 5.74) is 5.55. The lowest BCUT2D eigenvalue weighted by Crippen LogP contribution is -2.55. The average Bonchev–Trinajstić information content (AvgIpc) is 3.89. The number of nitrogens with zero attached hydrogens (tertiary/aromatic N) is 8. The van der Waals surface area contributed by atoms with E-state index in [1.807, 2.05) is 41.0 Å². The molecule has 1 unspecified atom stereocenters. The number of amides is 3. The molecule has 3 N–H and O–H groups in total. The molecular weight excluding hydrogens is 1020 g/mol. The minimum absolute atomic E-state index is 0.0263. The van der Waals surface area contributed by atoms with Crippen LogP contribution in [-0.2, 0) is 25.4 Å². The van der Waals surface area contributed by atoms with Gasteiger partial charge in [-0.15, -0.1) is 0 Å². The van der Waals surface area contributed by atoms with Crippen molar-refractivity contribution in [3.63, 3.8) is 0 Å². The van der Waals surface area contributed by atoms with Gasteiger partial charge >= 0.3 is 0 Å². The number of carbonyl (C=O) groups is 3. The number of halogens is 3. The number of benzene rings is 3. The molecule has 5 aliphatic rings. The lowest BCUT2D eigenvalue weighted by molar-refractivity contribution is -0.137. The van der Waals surface area contributed by atoms with Crippen molar-refractivity contribution < 1.29 is 32.5 Å². The lowest BCUT2D eigenvalue weighted by Gasteiger charge is -2.44. The van der Waals surface area contributed by atoms with E-state index in [-0.39, 0.29) is 30.2 Å². The molecule has 16 nitrogen and oxygen atoms in total. The van der Waals surface area contributed by atoms with Gasteiger partial charge in [-0.2, -0.15) is 4.98 Å². The normalized spacial score (nSPS) is 21.2. The fraction of sp³-hybridized carbons (Fsp3) is 0.472. The van der Waals surface area contributed by atoms with Gasteiger partial charge in [0.2, 0.25) is 23.7 Å². The van der Waals surface area contributed by atoms with Crippen LogP contribution >= 0.6 is 23.1 Å². The number of piperazine rings is 1. The Hall–Kier alpha value is -5.75. The number of piperidine rings is 2. The number of pyridine rings is 1. The van der Waals surface area contributed by atoms with Gasteiger partial charge in [0.15, 0.2) is 0 Å². The molecule has 3 amide bonds. The zero-order valence-electron chi connectivity index (χ0n) is 41.9. The van der Waals surface area contributed by atoms with Crippen molar-refractivity contribution in [1.82, 2.24) is 35.0 Å². The van der Waals surface area contributed by atoms with E-state index < -0.39 is 36.5 Å². The summed E-state index contributed by atoms with van der Waals surface area (Å²) in [7, 11) is 0.961. The van der Waals surface area contributed by atoms with Crippen LogP contribution in [0, 0.1) is 24.5 Å². The number of methoxy groups -OCH3 is 1. The zero-order valence-corrected chi connectivity index (χ0v) is 44.3. The molecule has 7 heterocycles. The minimum Gasteiger partial charge on any atom is -0.494 e. The Kier molecular flexibility index (Phi) is 14.8. The number of nitrogens with one attached hydrogen (secondary N) is 3. The molecule has 0 spiro atoms. The highest BCUT2D eigenvalue weighted by atomic mass is 79.9. The molecule has 20 heteroatoms. The summed E-state index contributed by atoms with van der Waals surface area (Å²) in [6.45, 7) is 11.1. The summed E-state index contributed by atoms with van der Waals surface area (Å²) >= 11 is 3.67. The van der Waals surface area contributed by atoms with Crippen LogP contribution in [-0.4, -0.2) is 145 Å². The third-order valence-corrected chi connectivity index (χ3v) is 19.3. The van der Waals surface area contributed by atoms with Gasteiger partial charge in [-0.3, -0.25) is 29.6 Å². The monoisotopic (exact) mass is 1080 g/mol. The molecule has 3 aromatic carbocycles. The maximum Gasteiger partial charge on any atom is 0.234 e. The largest absolute Gasteiger partial charge is 0.494 e. The minimum atomic E-state index is -2.78. The van der Waals surface area contributed by atoms with Gasteiger partial charge in [0.1, 0.15) is 30.3 Å². The number of aromatic nitrogens is 3. The molecule has 0 aliphatic carbocycles. The van der Waals surface area contributed by atoms with Crippen molar-refractivity contribution in [2.75, 3.05) is 112 Å². The lowest BCUT2D eigenvalue weighted by atomic mass is 9.89. The Bertz CT molecular complexity index is 2970. The van der Waals surface area contributed by atoms with Crippen molar-refractivity contribution in [2.45, 2.75) is 64.3 Å². The molecule has 2 aromatic heterocycles. The predicted octanol–water partition coefficient (Wildman–Crippen LogP) is 7.53. The maximum absolute atomic E-state index is 15.3. The Morgan fingerprint density at radius 1 is 0.877 bits per heavy atom. The standard InChI is InChI=1S/C53H63BrF2N11O5P/c1-5-33-26-44(60-53-57-30-39(54)50(62-53)59-43-10-9-42-37(7-6-32(2)58-42)49(43)73(71)24-22-63(3)23-25-73)46(72-4)29-45(33)65-16-13-35(14-17-65)64-18-20-66(21-19-64)52(70)34-12-15-67(31-34)36-27-40(55)48(41(56)28-36)38-8-11-47(68)61-51(38)69/h6-7,9-10,26-30,34-35,38H,5,8,11-25,31H2,1-4H3,(H,61,68,69)(H2,57,59,60,62)/t34-,38?/m1/s1. The quantitative estimate of drug-likeness (QED) is 0.0829. The number of anilines is 6. The number of ether oxygens (including phenoxy) is 1. The van der Waals surface area contributed by atoms with Crippen LogP contribution in [0.5, 0.6) is 5.75 Å². The van der Waals surface area contributed by atoms with Crippen molar-refractivity contribution in [1.29, 1.82) is 0 Å². The van der Waals surface area contributed by atoms with Gasteiger partial charge < -0.3 is 39.5 Å². The summed E-state index contributed by atoms with van der Waals surface area (Å²) in [5.74, 6) is -2.45. The van der Waals surface area contributed by atoms with Crippen LogP contribution in [0.4, 0.5) is 43.3 Å². The van der Waals surface area contributed by atoms with Crippen LogP contribution in [0.1, 0.15) is 61.8 Å². The molecule has 5 fully saturated rings. The predicted molar refractivity (Wildman–Crippen MR) is 285 cm³/mol. The van der Waals surface area contributed by atoms with Crippen molar-refractivity contribution in [3.8, 4) is 5.75 Å². The summed E-state index contributed by atoms with van der Waals surface area (Å²) in [5, 5.41) is 10.9. The smallest absolute Gasteiger partial charge is 0.234 e. The van der Waals surface area contributed by atoms with Crippen LogP contribution < -0.4 is 35.8 Å². The van der Waals surface area contributed by atoms with Crippen molar-refractivity contribution >= 4 is 91.5 Å². The highest BCUT2D eigenvalue weighted by molar-refractivity contribution is 9.10. The molecule has 5 aliphatic heterocycles. The van der Waals surface area contributed by atoms with E-state index in [0.29, 0.717) is 78.6 Å². The molecule has 0 bridgehead atoms. The Labute approximate surface area is 433 Å². The van der Waals surface area contributed by atoms with Crippen LogP contribution in [0.3, 0.4) is 0 Å². The van der Waals surface area contributed by atoms with Gasteiger partial charge in [-0.05, 0) is 104 Å². The number of carbonyl (C=O) groups excluding carboxylic acids is 3. The first-order chi connectivity index (χ1) is 35.2. The van der Waals surface area contributed by atoms with E-state index in [0.717, 1.165) is 97.5 Å². The van der Waals surface area contributed by atoms with E-state index in [2.05, 4.69) is 77.7 Å². The summed E-state index contributed by atoms with van der Waals surface area (Å²) in [4.78, 5) is 63.0. The van der Waals surface area contributed by atoms with E-state index in [9.17, 15) is 18.9 Å². The van der Waals surface area contributed by atoms with Crippen molar-refractivity contribution in [2.24, 2.45) is 5.92 Å². The highest BCUT2D eigenvalue weighted by Crippen LogP contribution is 2.50. The Morgan fingerprint density at radius 2 is 1.60 bits per heavy atom. The first-order valence-electron chi connectivity index (χ1n) is 25.5. The average molecular weight is 1080 g/mol. The Balaban J connectivity index is 0.752. The zero-order chi connectivity index (χ0) is 51.1. The highest BCUT2D eigenvalue weighted by Gasteiger charge is 2.38. The van der Waals surface area contributed by atoms with E-state index >= 15 is 8.78 Å². The van der Waals surface area contributed by atoms with E-state index in [1.165, 1.54) is 17.7 Å². The molecule has 386 valence electrons. The third-order valence-electron chi connectivity index (χ3n) is 15.6. The molecule has 0 saturated carbocycles. The molecule has 2 atom stereocenters. The van der Waals surface area contributed by atoms with Crippen LogP contribution in [0.25, 0.3) is 10.9 Å². The van der Waals surface area contributed by atoms with Crippen molar-refractivity contribution in [3.05, 3.63) is 87.7 Å². The molecule has 5 aromatic rings. The number of fused-ring (bicyclic) bond motifs is 1. The van der Waals surface area contributed by atoms with Gasteiger partial charge in [0, 0.05) is 136 Å². The molecule has 5 saturated heterocycles. The molecular formula is C53H63BrF2N11O5P. The van der Waals surface area contributed by atoms with E-state index in [4.69, 9.17) is 14.7 Å². The van der Waals surface area contributed by atoms with Gasteiger partial charge in [0.25, 0.3) is 0 Å². The summed E-state index contributed by atoms with van der Waals surface area (Å²) in [6.07, 6.45) is 6.33. The first kappa shape index (κ1) is 50.8. The number of aryl methyl sites for hydroxylation is 2.